The summed E-state index contributed by atoms with van der Waals surface area (Å²) >= 11 is 0. The maximum atomic E-state index is 11.9. The summed E-state index contributed by atoms with van der Waals surface area (Å²) in [6.45, 7) is 0. The van der Waals surface area contributed by atoms with Crippen LogP contribution in [0.3, 0.4) is 0 Å². The highest BCUT2D eigenvalue weighted by atomic mass is 32.2. The number of sulfone groups is 1. The molecule has 2 rings (SSSR count). The number of amides is 1. The highest BCUT2D eigenvalue weighted by Crippen LogP contribution is 2.32. The van der Waals surface area contributed by atoms with Crippen molar-refractivity contribution >= 4 is 21.5 Å². The lowest BCUT2D eigenvalue weighted by Crippen LogP contribution is -2.27. The smallest absolute Gasteiger partial charge is 0.235 e. The van der Waals surface area contributed by atoms with Gasteiger partial charge in [-0.2, -0.15) is 0 Å². The van der Waals surface area contributed by atoms with E-state index >= 15 is 0 Å². The van der Waals surface area contributed by atoms with Gasteiger partial charge < -0.3 is 5.32 Å². The van der Waals surface area contributed by atoms with Crippen LogP contribution in [-0.4, -0.2) is 32.9 Å². The summed E-state index contributed by atoms with van der Waals surface area (Å²) in [4.78, 5) is 23.0. The van der Waals surface area contributed by atoms with E-state index in [-0.39, 0.29) is 16.6 Å². The van der Waals surface area contributed by atoms with Crippen molar-refractivity contribution in [1.82, 2.24) is 5.32 Å². The Balaban J connectivity index is 2.17. The summed E-state index contributed by atoms with van der Waals surface area (Å²) in [5, 5.41) is 2.27. The predicted octanol–water partition coefficient (Wildman–Crippen LogP) is 0.799. The van der Waals surface area contributed by atoms with Crippen LogP contribution in [0.15, 0.2) is 29.2 Å². The zero-order chi connectivity index (χ0) is 14.0. The van der Waals surface area contributed by atoms with Gasteiger partial charge in [0.2, 0.25) is 5.91 Å². The molecule has 0 aliphatic heterocycles. The summed E-state index contributed by atoms with van der Waals surface area (Å²) < 4.78 is 23.8. The average Bonchev–Trinajstić information content (AvgIpc) is 3.21. The molecule has 19 heavy (non-hydrogen) atoms. The van der Waals surface area contributed by atoms with Gasteiger partial charge in [0.15, 0.2) is 15.6 Å². The van der Waals surface area contributed by atoms with Crippen LogP contribution in [0.25, 0.3) is 0 Å². The minimum absolute atomic E-state index is 0.0587. The second-order valence-electron chi connectivity index (χ2n) is 4.60. The Morgan fingerprint density at radius 2 is 1.79 bits per heavy atom. The number of nitrogens with one attached hydrogen (secondary N) is 1. The van der Waals surface area contributed by atoms with E-state index in [0.29, 0.717) is 5.56 Å². The van der Waals surface area contributed by atoms with Crippen molar-refractivity contribution in [2.24, 2.45) is 5.92 Å². The molecule has 1 aliphatic rings. The first-order chi connectivity index (χ1) is 8.94. The van der Waals surface area contributed by atoms with Crippen LogP contribution in [0.5, 0.6) is 0 Å². The van der Waals surface area contributed by atoms with E-state index < -0.39 is 21.5 Å². The topological polar surface area (TPSA) is 80.3 Å². The lowest BCUT2D eigenvalue weighted by molar-refractivity contribution is -0.118. The lowest BCUT2D eigenvalue weighted by atomic mass is 10.1. The molecule has 1 N–H and O–H groups in total. The zero-order valence-corrected chi connectivity index (χ0v) is 11.4. The van der Waals surface area contributed by atoms with Crippen molar-refractivity contribution in [3.63, 3.8) is 0 Å². The molecule has 0 radical (unpaired) electrons. The van der Waals surface area contributed by atoms with Crippen LogP contribution in [0.4, 0.5) is 0 Å². The first-order valence-corrected chi connectivity index (χ1v) is 7.67. The molecule has 0 atom stereocenters. The fourth-order valence-electron chi connectivity index (χ4n) is 1.74. The third-order valence-electron chi connectivity index (χ3n) is 3.05. The molecule has 0 bridgehead atoms. The van der Waals surface area contributed by atoms with Gasteiger partial charge in [-0.05, 0) is 25.0 Å². The van der Waals surface area contributed by atoms with E-state index in [9.17, 15) is 18.0 Å². The molecule has 0 unspecified atom stereocenters. The van der Waals surface area contributed by atoms with Crippen LogP contribution < -0.4 is 5.32 Å². The van der Waals surface area contributed by atoms with E-state index in [1.165, 1.54) is 31.3 Å². The van der Waals surface area contributed by atoms with Gasteiger partial charge in [-0.15, -0.1) is 0 Å². The second kappa shape index (κ2) is 5.13. The maximum Gasteiger partial charge on any atom is 0.235 e. The SMILES string of the molecule is CNC(=O)CS(=O)(=O)c1ccc(C(=O)C2CC2)cc1. The number of Topliss-reactive ketones (excluding diaryl/α,β-unsaturated/α-hetero) is 1. The molecule has 1 amide bonds. The van der Waals surface area contributed by atoms with E-state index in [2.05, 4.69) is 5.32 Å². The minimum atomic E-state index is -3.64. The molecule has 0 spiro atoms. The molecular weight excluding hydrogens is 266 g/mol. The maximum absolute atomic E-state index is 11.9. The Hall–Kier alpha value is -1.69. The normalized spacial score (nSPS) is 15.0. The first-order valence-electron chi connectivity index (χ1n) is 6.01. The van der Waals surface area contributed by atoms with Gasteiger partial charge in [0.05, 0.1) is 4.90 Å². The van der Waals surface area contributed by atoms with E-state index in [1.54, 1.807) is 0 Å². The number of ketones is 1. The Morgan fingerprint density at radius 3 is 2.26 bits per heavy atom. The second-order valence-corrected chi connectivity index (χ2v) is 6.58. The molecule has 5 nitrogen and oxygen atoms in total. The molecule has 0 saturated heterocycles. The highest BCUT2D eigenvalue weighted by Gasteiger charge is 2.30. The monoisotopic (exact) mass is 281 g/mol. The van der Waals surface area contributed by atoms with Gasteiger partial charge in [0.1, 0.15) is 5.75 Å². The third-order valence-corrected chi connectivity index (χ3v) is 4.68. The fraction of sp³-hybridized carbons (Fsp3) is 0.385. The van der Waals surface area contributed by atoms with E-state index in [1.807, 2.05) is 0 Å². The number of carbonyl (C=O) groups is 2. The van der Waals surface area contributed by atoms with Gasteiger partial charge in [-0.25, -0.2) is 8.42 Å². The average molecular weight is 281 g/mol. The third kappa shape index (κ3) is 3.20. The van der Waals surface area contributed by atoms with Crippen molar-refractivity contribution in [1.29, 1.82) is 0 Å². The summed E-state index contributed by atoms with van der Waals surface area (Å²) in [6, 6.07) is 5.79. The Morgan fingerprint density at radius 1 is 1.21 bits per heavy atom. The highest BCUT2D eigenvalue weighted by molar-refractivity contribution is 7.92. The van der Waals surface area contributed by atoms with Crippen molar-refractivity contribution in [2.45, 2.75) is 17.7 Å². The first kappa shape index (κ1) is 13.7. The van der Waals surface area contributed by atoms with Gasteiger partial charge in [0.25, 0.3) is 0 Å². The van der Waals surface area contributed by atoms with Crippen molar-refractivity contribution in [3.05, 3.63) is 29.8 Å². The summed E-state index contributed by atoms with van der Waals surface area (Å²) in [5.41, 5.74) is 0.529. The zero-order valence-electron chi connectivity index (χ0n) is 10.5. The minimum Gasteiger partial charge on any atom is -0.358 e. The van der Waals surface area contributed by atoms with Crippen molar-refractivity contribution in [2.75, 3.05) is 12.8 Å². The Kier molecular flexibility index (Phi) is 3.71. The fourth-order valence-corrected chi connectivity index (χ4v) is 2.94. The molecule has 6 heteroatoms. The number of hydrogen-bond acceptors (Lipinski definition) is 4. The van der Waals surface area contributed by atoms with Crippen molar-refractivity contribution < 1.29 is 18.0 Å². The van der Waals surface area contributed by atoms with Crippen LogP contribution in [0.2, 0.25) is 0 Å². The molecule has 1 aromatic rings. The van der Waals surface area contributed by atoms with Gasteiger partial charge in [-0.3, -0.25) is 9.59 Å². The molecule has 1 fully saturated rings. The predicted molar refractivity (Wildman–Crippen MR) is 69.6 cm³/mol. The van der Waals surface area contributed by atoms with Gasteiger partial charge in [0, 0.05) is 18.5 Å². The molecule has 1 aromatic carbocycles. The van der Waals surface area contributed by atoms with Gasteiger partial charge >= 0.3 is 0 Å². The quantitative estimate of drug-likeness (QED) is 0.809. The molecular formula is C13H15NO4S. The molecule has 1 aliphatic carbocycles. The number of benzene rings is 1. The standard InChI is InChI=1S/C13H15NO4S/c1-14-12(15)8-19(17,18)11-6-4-10(5-7-11)13(16)9-2-3-9/h4-7,9H,2-3,8H2,1H3,(H,14,15). The summed E-state index contributed by atoms with van der Waals surface area (Å²) in [5.74, 6) is -0.971. The van der Waals surface area contributed by atoms with Crippen molar-refractivity contribution in [3.8, 4) is 0 Å². The van der Waals surface area contributed by atoms with Crippen LogP contribution in [0, 0.1) is 5.92 Å². The number of carbonyl (C=O) groups excluding carboxylic acids is 2. The Labute approximate surface area is 111 Å². The van der Waals surface area contributed by atoms with E-state index in [4.69, 9.17) is 0 Å². The summed E-state index contributed by atoms with van der Waals surface area (Å²) in [6.07, 6.45) is 1.82. The molecule has 0 aromatic heterocycles. The van der Waals surface area contributed by atoms with E-state index in [0.717, 1.165) is 12.8 Å². The lowest BCUT2D eigenvalue weighted by Gasteiger charge is -2.05. The molecule has 102 valence electrons. The Bertz CT molecular complexity index is 600. The van der Waals surface area contributed by atoms with Crippen LogP contribution in [-0.2, 0) is 14.6 Å². The molecule has 1 saturated carbocycles. The number of rotatable bonds is 5. The van der Waals surface area contributed by atoms with Crippen LogP contribution in [0.1, 0.15) is 23.2 Å². The largest absolute Gasteiger partial charge is 0.358 e. The number of hydrogen-bond donors (Lipinski definition) is 1. The molecule has 0 heterocycles. The van der Waals surface area contributed by atoms with Gasteiger partial charge in [-0.1, -0.05) is 12.1 Å². The van der Waals surface area contributed by atoms with Crippen LogP contribution >= 0.6 is 0 Å². The summed E-state index contributed by atoms with van der Waals surface area (Å²) in [7, 11) is -2.26.